The standard InChI is InChI=1S/C13H19N/c1-6-14(5)12(4)13-8-7-10(2)11(3)9-13/h7-9H,4,6H2,1-3,5H3. The fourth-order valence-corrected chi connectivity index (χ4v) is 1.33. The molecule has 0 saturated heterocycles. The molecule has 1 aromatic rings. The van der Waals surface area contributed by atoms with E-state index >= 15 is 0 Å². The molecule has 0 heterocycles. The van der Waals surface area contributed by atoms with E-state index in [1.165, 1.54) is 16.7 Å². The summed E-state index contributed by atoms with van der Waals surface area (Å²) in [5.41, 5.74) is 4.97. The lowest BCUT2D eigenvalue weighted by Gasteiger charge is -2.20. The molecule has 0 aliphatic rings. The molecule has 0 spiro atoms. The highest BCUT2D eigenvalue weighted by atomic mass is 15.1. The van der Waals surface area contributed by atoms with Crippen LogP contribution in [0, 0.1) is 13.8 Å². The number of hydrogen-bond donors (Lipinski definition) is 0. The van der Waals surface area contributed by atoms with Gasteiger partial charge in [0.2, 0.25) is 0 Å². The Morgan fingerprint density at radius 1 is 1.29 bits per heavy atom. The maximum absolute atomic E-state index is 4.09. The van der Waals surface area contributed by atoms with Crippen molar-refractivity contribution in [2.45, 2.75) is 20.8 Å². The third-order valence-corrected chi connectivity index (χ3v) is 2.78. The van der Waals surface area contributed by atoms with E-state index in [0.717, 1.165) is 12.2 Å². The molecule has 1 rings (SSSR count). The van der Waals surface area contributed by atoms with Crippen molar-refractivity contribution in [3.8, 4) is 0 Å². The molecular formula is C13H19N. The van der Waals surface area contributed by atoms with Crippen LogP contribution in [-0.4, -0.2) is 18.5 Å². The lowest BCUT2D eigenvalue weighted by molar-refractivity contribution is 0.510. The highest BCUT2D eigenvalue weighted by Crippen LogP contribution is 2.18. The van der Waals surface area contributed by atoms with Gasteiger partial charge in [-0.25, -0.2) is 0 Å². The topological polar surface area (TPSA) is 3.24 Å². The minimum absolute atomic E-state index is 0.992. The van der Waals surface area contributed by atoms with Crippen LogP contribution in [0.2, 0.25) is 0 Å². The summed E-state index contributed by atoms with van der Waals surface area (Å²) in [4.78, 5) is 2.16. The SMILES string of the molecule is C=C(c1ccc(C)c(C)c1)N(C)CC. The monoisotopic (exact) mass is 189 g/mol. The predicted octanol–water partition coefficient (Wildman–Crippen LogP) is 3.23. The highest BCUT2D eigenvalue weighted by molar-refractivity contribution is 5.62. The minimum Gasteiger partial charge on any atom is -0.375 e. The van der Waals surface area contributed by atoms with Gasteiger partial charge in [0, 0.05) is 19.3 Å². The third kappa shape index (κ3) is 2.16. The average Bonchev–Trinajstić information content (AvgIpc) is 2.20. The van der Waals surface area contributed by atoms with E-state index in [-0.39, 0.29) is 0 Å². The van der Waals surface area contributed by atoms with Crippen LogP contribution in [0.15, 0.2) is 24.8 Å². The van der Waals surface area contributed by atoms with Gasteiger partial charge in [0.1, 0.15) is 0 Å². The second kappa shape index (κ2) is 4.32. The molecule has 0 N–H and O–H groups in total. The number of aryl methyl sites for hydroxylation is 2. The summed E-state index contributed by atoms with van der Waals surface area (Å²) in [5.74, 6) is 0. The van der Waals surface area contributed by atoms with E-state index in [9.17, 15) is 0 Å². The molecule has 0 aromatic heterocycles. The first-order valence-corrected chi connectivity index (χ1v) is 5.04. The lowest BCUT2D eigenvalue weighted by Crippen LogP contribution is -2.14. The van der Waals surface area contributed by atoms with E-state index in [4.69, 9.17) is 0 Å². The van der Waals surface area contributed by atoms with Gasteiger partial charge in [-0.05, 0) is 43.5 Å². The van der Waals surface area contributed by atoms with Crippen molar-refractivity contribution in [1.82, 2.24) is 4.90 Å². The van der Waals surface area contributed by atoms with Crippen molar-refractivity contribution in [3.63, 3.8) is 0 Å². The van der Waals surface area contributed by atoms with Gasteiger partial charge in [-0.2, -0.15) is 0 Å². The largest absolute Gasteiger partial charge is 0.375 e. The smallest absolute Gasteiger partial charge is 0.0364 e. The van der Waals surface area contributed by atoms with Crippen LogP contribution in [0.4, 0.5) is 0 Å². The maximum Gasteiger partial charge on any atom is 0.0364 e. The molecule has 76 valence electrons. The first kappa shape index (κ1) is 10.8. The molecule has 0 radical (unpaired) electrons. The van der Waals surface area contributed by atoms with Crippen LogP contribution in [0.3, 0.4) is 0 Å². The van der Waals surface area contributed by atoms with Crippen LogP contribution < -0.4 is 0 Å². The van der Waals surface area contributed by atoms with Crippen molar-refractivity contribution in [2.24, 2.45) is 0 Å². The molecule has 0 saturated carbocycles. The van der Waals surface area contributed by atoms with Crippen LogP contribution in [0.25, 0.3) is 5.70 Å². The summed E-state index contributed by atoms with van der Waals surface area (Å²) in [5, 5.41) is 0. The van der Waals surface area contributed by atoms with Crippen molar-refractivity contribution in [2.75, 3.05) is 13.6 Å². The van der Waals surface area contributed by atoms with Crippen molar-refractivity contribution >= 4 is 5.70 Å². The summed E-state index contributed by atoms with van der Waals surface area (Å²) in [6, 6.07) is 6.49. The molecule has 0 aliphatic carbocycles. The maximum atomic E-state index is 4.09. The summed E-state index contributed by atoms with van der Waals surface area (Å²) in [6.45, 7) is 11.5. The van der Waals surface area contributed by atoms with Gasteiger partial charge in [0.05, 0.1) is 0 Å². The first-order valence-electron chi connectivity index (χ1n) is 5.04. The molecule has 0 unspecified atom stereocenters. The van der Waals surface area contributed by atoms with Crippen LogP contribution >= 0.6 is 0 Å². The minimum atomic E-state index is 0.992. The lowest BCUT2D eigenvalue weighted by atomic mass is 10.0. The average molecular weight is 189 g/mol. The zero-order valence-electron chi connectivity index (χ0n) is 9.59. The molecular weight excluding hydrogens is 170 g/mol. The Bertz CT molecular complexity index is 339. The number of nitrogens with zero attached hydrogens (tertiary/aromatic N) is 1. The van der Waals surface area contributed by atoms with Gasteiger partial charge >= 0.3 is 0 Å². The predicted molar refractivity (Wildman–Crippen MR) is 63.3 cm³/mol. The summed E-state index contributed by atoms with van der Waals surface area (Å²) in [7, 11) is 2.07. The first-order chi connectivity index (χ1) is 6.56. The van der Waals surface area contributed by atoms with Crippen LogP contribution in [0.5, 0.6) is 0 Å². The summed E-state index contributed by atoms with van der Waals surface area (Å²) < 4.78 is 0. The fourth-order valence-electron chi connectivity index (χ4n) is 1.33. The Labute approximate surface area is 87.1 Å². The summed E-state index contributed by atoms with van der Waals surface area (Å²) >= 11 is 0. The molecule has 0 fully saturated rings. The van der Waals surface area contributed by atoms with Gasteiger partial charge in [-0.1, -0.05) is 18.7 Å². The Morgan fingerprint density at radius 2 is 1.93 bits per heavy atom. The van der Waals surface area contributed by atoms with Gasteiger partial charge in [0.15, 0.2) is 0 Å². The number of rotatable bonds is 3. The van der Waals surface area contributed by atoms with Crippen LogP contribution in [0.1, 0.15) is 23.6 Å². The second-order valence-corrected chi connectivity index (χ2v) is 3.76. The van der Waals surface area contributed by atoms with E-state index < -0.39 is 0 Å². The Hall–Kier alpha value is -1.24. The van der Waals surface area contributed by atoms with Gasteiger partial charge in [-0.15, -0.1) is 0 Å². The molecule has 14 heavy (non-hydrogen) atoms. The van der Waals surface area contributed by atoms with E-state index in [0.29, 0.717) is 0 Å². The molecule has 0 aliphatic heterocycles. The molecule has 1 heteroatoms. The highest BCUT2D eigenvalue weighted by Gasteiger charge is 2.03. The van der Waals surface area contributed by atoms with Crippen molar-refractivity contribution in [1.29, 1.82) is 0 Å². The number of benzene rings is 1. The van der Waals surface area contributed by atoms with Crippen molar-refractivity contribution in [3.05, 3.63) is 41.5 Å². The number of hydrogen-bond acceptors (Lipinski definition) is 1. The zero-order valence-corrected chi connectivity index (χ0v) is 9.59. The van der Waals surface area contributed by atoms with Gasteiger partial charge in [-0.3, -0.25) is 0 Å². The van der Waals surface area contributed by atoms with E-state index in [1.54, 1.807) is 0 Å². The summed E-state index contributed by atoms with van der Waals surface area (Å²) in [6.07, 6.45) is 0. The Balaban J connectivity index is 2.97. The van der Waals surface area contributed by atoms with E-state index in [1.807, 2.05) is 0 Å². The molecule has 1 aromatic carbocycles. The molecule has 0 amide bonds. The Kier molecular flexibility index (Phi) is 3.34. The zero-order chi connectivity index (χ0) is 10.7. The van der Waals surface area contributed by atoms with Gasteiger partial charge in [0.25, 0.3) is 0 Å². The molecule has 1 nitrogen and oxygen atoms in total. The van der Waals surface area contributed by atoms with Crippen molar-refractivity contribution < 1.29 is 0 Å². The third-order valence-electron chi connectivity index (χ3n) is 2.78. The second-order valence-electron chi connectivity index (χ2n) is 3.76. The molecule has 0 atom stereocenters. The van der Waals surface area contributed by atoms with E-state index in [2.05, 4.69) is 57.5 Å². The van der Waals surface area contributed by atoms with Gasteiger partial charge < -0.3 is 4.90 Å². The Morgan fingerprint density at radius 3 is 2.43 bits per heavy atom. The normalized spacial score (nSPS) is 10.0. The molecule has 0 bridgehead atoms. The van der Waals surface area contributed by atoms with Crippen LogP contribution in [-0.2, 0) is 0 Å². The fraction of sp³-hybridized carbons (Fsp3) is 0.385. The quantitative estimate of drug-likeness (QED) is 0.705.